The van der Waals surface area contributed by atoms with Gasteiger partial charge in [-0.1, -0.05) is 126 Å². The third-order valence-corrected chi connectivity index (χ3v) is 9.26. The number of carboxylic acids is 1. The van der Waals surface area contributed by atoms with Crippen LogP contribution in [-0.2, 0) is 28.7 Å². The van der Waals surface area contributed by atoms with Crippen molar-refractivity contribution < 1.29 is 38.9 Å². The van der Waals surface area contributed by atoms with E-state index >= 15 is 0 Å². The maximum atomic E-state index is 13.6. The smallest absolute Gasteiger partial charge is 0.342 e. The van der Waals surface area contributed by atoms with Crippen LogP contribution in [0.4, 0.5) is 0 Å². The fourth-order valence-corrected chi connectivity index (χ4v) is 7.06. The molecule has 2 amide bonds. The number of nitrogens with zero attached hydrogens (tertiary/aromatic N) is 1. The Labute approximate surface area is 277 Å². The quantitative estimate of drug-likeness (QED) is 0.124. The number of halogens is 3. The Morgan fingerprint density at radius 1 is 0.889 bits per heavy atom. The molecular weight excluding hydrogens is 667 g/mol. The first-order valence-electron chi connectivity index (χ1n) is 13.7. The summed E-state index contributed by atoms with van der Waals surface area (Å²) in [6.45, 7) is 0. The van der Waals surface area contributed by atoms with Crippen molar-refractivity contribution in [3.63, 3.8) is 0 Å². The zero-order chi connectivity index (χ0) is 32.3. The van der Waals surface area contributed by atoms with E-state index in [-0.39, 0.29) is 5.75 Å². The number of carbonyl (C=O) groups excluding carboxylic acids is 3. The van der Waals surface area contributed by atoms with Crippen LogP contribution in [0.2, 0.25) is 0 Å². The number of ether oxygens (including phenoxy) is 2. The normalized spacial score (nSPS) is 22.5. The standard InChI is InChI=1S/C31H27Cl3N2O8S/c32-31(33,34)25(19-14-8-3-9-15-19)43-24(29(40)41)26(38)35-21-27(39)36-22(20(37)16-45-28(21)36)30(42)44-23(17-10-4-1-5-11-17)18-12-6-2-7-13-18/h1-15,20-25,28,37H,16H2,(H,35,38)(H,40,41)/t20?,21-,22-,24?,25?,28-/m1/s1. The highest BCUT2D eigenvalue weighted by molar-refractivity contribution is 8.00. The fourth-order valence-electron chi connectivity index (χ4n) is 5.18. The molecule has 6 atom stereocenters. The molecular formula is C31H27Cl3N2O8S. The highest BCUT2D eigenvalue weighted by Crippen LogP contribution is 2.43. The Hall–Kier alpha value is -3.32. The molecule has 5 rings (SSSR count). The van der Waals surface area contributed by atoms with Crippen molar-refractivity contribution >= 4 is 70.3 Å². The van der Waals surface area contributed by atoms with Crippen LogP contribution in [0.3, 0.4) is 0 Å². The van der Waals surface area contributed by atoms with Gasteiger partial charge in [-0.3, -0.25) is 9.59 Å². The van der Waals surface area contributed by atoms with E-state index in [4.69, 9.17) is 44.3 Å². The maximum Gasteiger partial charge on any atom is 0.342 e. The van der Waals surface area contributed by atoms with Crippen molar-refractivity contribution in [2.45, 2.75) is 45.7 Å². The number of carbonyl (C=O) groups is 4. The van der Waals surface area contributed by atoms with Crippen LogP contribution in [0.5, 0.6) is 0 Å². The summed E-state index contributed by atoms with van der Waals surface area (Å²) in [6.07, 6.45) is -5.65. The molecule has 0 bridgehead atoms. The van der Waals surface area contributed by atoms with E-state index in [9.17, 15) is 29.4 Å². The number of aliphatic carboxylic acids is 1. The average molecular weight is 694 g/mol. The molecule has 2 aliphatic heterocycles. The molecule has 2 fully saturated rings. The minimum Gasteiger partial charge on any atom is -0.479 e. The predicted octanol–water partition coefficient (Wildman–Crippen LogP) is 4.03. The maximum absolute atomic E-state index is 13.6. The van der Waals surface area contributed by atoms with Crippen LogP contribution in [0, 0.1) is 0 Å². The molecule has 3 unspecified atom stereocenters. The number of hydrogen-bond donors (Lipinski definition) is 3. The molecule has 2 aliphatic rings. The monoisotopic (exact) mass is 692 g/mol. The summed E-state index contributed by atoms with van der Waals surface area (Å²) in [5.41, 5.74) is 1.69. The number of nitrogens with one attached hydrogen (secondary N) is 1. The molecule has 2 heterocycles. The van der Waals surface area contributed by atoms with Gasteiger partial charge >= 0.3 is 11.9 Å². The van der Waals surface area contributed by atoms with E-state index < -0.39 is 69.4 Å². The van der Waals surface area contributed by atoms with Crippen molar-refractivity contribution in [1.82, 2.24) is 10.2 Å². The summed E-state index contributed by atoms with van der Waals surface area (Å²) in [7, 11) is 0. The van der Waals surface area contributed by atoms with Crippen molar-refractivity contribution in [1.29, 1.82) is 0 Å². The highest BCUT2D eigenvalue weighted by Gasteiger charge is 2.59. The number of thioether (sulfide) groups is 1. The predicted molar refractivity (Wildman–Crippen MR) is 168 cm³/mol. The van der Waals surface area contributed by atoms with Crippen molar-refractivity contribution in [3.05, 3.63) is 108 Å². The van der Waals surface area contributed by atoms with Crippen LogP contribution in [0.15, 0.2) is 91.0 Å². The molecule has 3 aromatic carbocycles. The number of esters is 1. The topological polar surface area (TPSA) is 142 Å². The van der Waals surface area contributed by atoms with Crippen molar-refractivity contribution in [2.75, 3.05) is 5.75 Å². The molecule has 3 N–H and O–H groups in total. The first kappa shape index (κ1) is 33.1. The first-order chi connectivity index (χ1) is 21.5. The number of benzene rings is 3. The minimum atomic E-state index is -2.15. The van der Waals surface area contributed by atoms with E-state index in [1.807, 2.05) is 12.1 Å². The molecule has 0 aromatic heterocycles. The Bertz CT molecular complexity index is 1490. The average Bonchev–Trinajstić information content (AvgIpc) is 3.03. The Morgan fingerprint density at radius 3 is 1.89 bits per heavy atom. The number of carboxylic acid groups (broad SMARTS) is 1. The second-order valence-electron chi connectivity index (χ2n) is 10.3. The molecule has 10 nitrogen and oxygen atoms in total. The summed E-state index contributed by atoms with van der Waals surface area (Å²) in [5, 5.41) is 22.2. The van der Waals surface area contributed by atoms with Gasteiger partial charge in [0.05, 0.1) is 6.10 Å². The van der Waals surface area contributed by atoms with Gasteiger partial charge in [-0.15, -0.1) is 11.8 Å². The van der Waals surface area contributed by atoms with Crippen LogP contribution in [0.1, 0.15) is 28.9 Å². The van der Waals surface area contributed by atoms with E-state index in [2.05, 4.69) is 5.32 Å². The van der Waals surface area contributed by atoms with Gasteiger partial charge in [0.2, 0.25) is 15.8 Å². The summed E-state index contributed by atoms with van der Waals surface area (Å²) >= 11 is 19.3. The van der Waals surface area contributed by atoms with Gasteiger partial charge in [-0.05, 0) is 16.7 Å². The second-order valence-corrected chi connectivity index (χ2v) is 13.8. The Balaban J connectivity index is 1.31. The molecule has 236 valence electrons. The molecule has 0 radical (unpaired) electrons. The number of aliphatic hydroxyl groups is 1. The lowest BCUT2D eigenvalue weighted by Crippen LogP contribution is -2.77. The molecule has 0 spiro atoms. The zero-order valence-electron chi connectivity index (χ0n) is 23.2. The number of aliphatic hydroxyl groups excluding tert-OH is 1. The van der Waals surface area contributed by atoms with Crippen LogP contribution >= 0.6 is 46.6 Å². The summed E-state index contributed by atoms with van der Waals surface area (Å²) in [4.78, 5) is 53.3. The Morgan fingerprint density at radius 2 is 1.40 bits per heavy atom. The molecule has 2 saturated heterocycles. The van der Waals surface area contributed by atoms with Gasteiger partial charge in [-0.25, -0.2) is 9.59 Å². The molecule has 14 heteroatoms. The minimum absolute atomic E-state index is 0.0458. The van der Waals surface area contributed by atoms with Crippen LogP contribution in [-0.4, -0.2) is 78.1 Å². The summed E-state index contributed by atoms with van der Waals surface area (Å²) < 4.78 is 9.29. The molecule has 0 saturated carbocycles. The molecule has 3 aromatic rings. The SMILES string of the molecule is O=C(O)C(OC(c1ccccc1)C(Cl)(Cl)Cl)C(=O)N[C@@H]1C(=O)N2[C@@H]1SCC(O)[C@@H]2C(=O)OC(c1ccccc1)c1ccccc1. The fraction of sp³-hybridized carbons (Fsp3) is 0.290. The highest BCUT2D eigenvalue weighted by atomic mass is 35.6. The summed E-state index contributed by atoms with van der Waals surface area (Å²) in [6, 6.07) is 23.5. The van der Waals surface area contributed by atoms with E-state index in [0.29, 0.717) is 16.7 Å². The molecule has 0 aliphatic carbocycles. The summed E-state index contributed by atoms with van der Waals surface area (Å²) in [5.74, 6) is -4.32. The van der Waals surface area contributed by atoms with Crippen LogP contribution < -0.4 is 5.32 Å². The molecule has 45 heavy (non-hydrogen) atoms. The number of fused-ring (bicyclic) bond motifs is 1. The lowest BCUT2D eigenvalue weighted by atomic mass is 9.98. The lowest BCUT2D eigenvalue weighted by molar-refractivity contribution is -0.174. The van der Waals surface area contributed by atoms with Gasteiger partial charge in [0, 0.05) is 5.75 Å². The number of alkyl halides is 3. The van der Waals surface area contributed by atoms with Gasteiger partial charge in [0.25, 0.3) is 5.91 Å². The number of amides is 2. The third-order valence-electron chi connectivity index (χ3n) is 7.29. The second kappa shape index (κ2) is 14.0. The van der Waals surface area contributed by atoms with Crippen molar-refractivity contribution in [3.8, 4) is 0 Å². The lowest BCUT2D eigenvalue weighted by Gasteiger charge is -2.53. The van der Waals surface area contributed by atoms with Gasteiger partial charge in [0.1, 0.15) is 17.5 Å². The third kappa shape index (κ3) is 7.24. The Kier molecular flexibility index (Phi) is 10.3. The van der Waals surface area contributed by atoms with E-state index in [1.165, 1.54) is 0 Å². The number of rotatable bonds is 10. The van der Waals surface area contributed by atoms with E-state index in [1.54, 1.807) is 78.9 Å². The van der Waals surface area contributed by atoms with Crippen molar-refractivity contribution in [2.24, 2.45) is 0 Å². The zero-order valence-corrected chi connectivity index (χ0v) is 26.3. The number of β-lactam (4-membered cyclic amide) rings is 1. The van der Waals surface area contributed by atoms with E-state index in [0.717, 1.165) is 16.7 Å². The van der Waals surface area contributed by atoms with Gasteiger partial charge in [0.15, 0.2) is 12.1 Å². The van der Waals surface area contributed by atoms with Gasteiger partial charge < -0.3 is 29.9 Å². The first-order valence-corrected chi connectivity index (χ1v) is 15.9. The van der Waals surface area contributed by atoms with Crippen LogP contribution in [0.25, 0.3) is 0 Å². The number of hydrogen-bond acceptors (Lipinski definition) is 8. The van der Waals surface area contributed by atoms with Gasteiger partial charge in [-0.2, -0.15) is 0 Å². The largest absolute Gasteiger partial charge is 0.479 e.